The van der Waals surface area contributed by atoms with Crippen LogP contribution in [0.1, 0.15) is 12.5 Å². The molecule has 1 aromatic heterocycles. The number of hydrogen-bond acceptors (Lipinski definition) is 8. The number of H-pyrrole nitrogens is 1. The zero-order chi connectivity index (χ0) is 21.5. The first-order chi connectivity index (χ1) is 14.6. The molecule has 3 rings (SSSR count). The van der Waals surface area contributed by atoms with Crippen LogP contribution in [0.15, 0.2) is 41.5 Å². The average molecular weight is 430 g/mol. The molecule has 0 aliphatic rings. The smallest absolute Gasteiger partial charge is 0.216 e. The molecule has 158 valence electrons. The fraction of sp³-hybridized carbons (Fsp3) is 0.250. The van der Waals surface area contributed by atoms with Gasteiger partial charge in [0.2, 0.25) is 10.5 Å². The van der Waals surface area contributed by atoms with Crippen LogP contribution in [0.4, 0.5) is 0 Å². The average Bonchev–Trinajstić information content (AvgIpc) is 3.14. The molecule has 3 aromatic rings. The summed E-state index contributed by atoms with van der Waals surface area (Å²) in [6.07, 6.45) is 1.59. The van der Waals surface area contributed by atoms with Gasteiger partial charge in [-0.1, -0.05) is 0 Å². The first-order valence-corrected chi connectivity index (χ1v) is 9.52. The number of methoxy groups -OCH3 is 3. The van der Waals surface area contributed by atoms with Gasteiger partial charge in [-0.25, -0.2) is 10.6 Å². The molecule has 0 fully saturated rings. The molecule has 0 radical (unpaired) electrons. The van der Waals surface area contributed by atoms with Gasteiger partial charge in [-0.3, -0.25) is 0 Å². The van der Waals surface area contributed by atoms with Crippen molar-refractivity contribution in [2.45, 2.75) is 6.92 Å². The molecule has 0 spiro atoms. The van der Waals surface area contributed by atoms with Crippen molar-refractivity contribution in [2.24, 2.45) is 5.10 Å². The molecule has 0 unspecified atom stereocenters. The van der Waals surface area contributed by atoms with E-state index in [9.17, 15) is 0 Å². The molecule has 0 saturated carbocycles. The Hall–Kier alpha value is -3.53. The largest absolute Gasteiger partial charge is 0.494 e. The second kappa shape index (κ2) is 9.79. The summed E-state index contributed by atoms with van der Waals surface area (Å²) in [5, 5.41) is 11.3. The lowest BCUT2D eigenvalue weighted by Crippen LogP contribution is -2.11. The standard InChI is InChI=1S/C20H23N5O4S/c1-5-29-15-9-6-13(7-10-15)19-22-23-20(30)25(19)24-21-12-14-8-11-16(26-2)18(28-4)17(14)27-3/h6-12,24H,5H2,1-4H3,(H,23,30)/b21-12-. The molecule has 2 N–H and O–H groups in total. The number of rotatable bonds is 9. The van der Waals surface area contributed by atoms with Gasteiger partial charge in [0, 0.05) is 11.1 Å². The van der Waals surface area contributed by atoms with E-state index in [4.69, 9.17) is 31.2 Å². The summed E-state index contributed by atoms with van der Waals surface area (Å²) < 4.78 is 23.6. The van der Waals surface area contributed by atoms with Crippen LogP contribution in [0.25, 0.3) is 11.4 Å². The highest BCUT2D eigenvalue weighted by molar-refractivity contribution is 7.71. The second-order valence-corrected chi connectivity index (χ2v) is 6.31. The maximum absolute atomic E-state index is 5.48. The number of aromatic nitrogens is 3. The Morgan fingerprint density at radius 3 is 2.43 bits per heavy atom. The van der Waals surface area contributed by atoms with Crippen LogP contribution in [0.3, 0.4) is 0 Å². The van der Waals surface area contributed by atoms with Gasteiger partial charge in [-0.2, -0.15) is 14.9 Å². The molecule has 30 heavy (non-hydrogen) atoms. The maximum atomic E-state index is 5.48. The van der Waals surface area contributed by atoms with Crippen LogP contribution in [-0.4, -0.2) is 49.0 Å². The Morgan fingerprint density at radius 2 is 1.80 bits per heavy atom. The molecule has 10 heteroatoms. The Balaban J connectivity index is 1.86. The molecule has 0 aliphatic heterocycles. The van der Waals surface area contributed by atoms with Crippen molar-refractivity contribution in [2.75, 3.05) is 33.5 Å². The Labute approximate surface area is 179 Å². The van der Waals surface area contributed by atoms with E-state index in [1.807, 2.05) is 37.3 Å². The maximum Gasteiger partial charge on any atom is 0.216 e. The van der Waals surface area contributed by atoms with Gasteiger partial charge in [0.25, 0.3) is 0 Å². The van der Waals surface area contributed by atoms with Gasteiger partial charge in [0.15, 0.2) is 17.3 Å². The minimum Gasteiger partial charge on any atom is -0.494 e. The third-order valence-electron chi connectivity index (χ3n) is 4.19. The van der Waals surface area contributed by atoms with Crippen LogP contribution in [0, 0.1) is 4.77 Å². The zero-order valence-electron chi connectivity index (χ0n) is 17.1. The van der Waals surface area contributed by atoms with Crippen molar-refractivity contribution in [3.8, 4) is 34.4 Å². The predicted molar refractivity (Wildman–Crippen MR) is 117 cm³/mol. The molecule has 0 aliphatic carbocycles. The van der Waals surface area contributed by atoms with Crippen molar-refractivity contribution in [3.05, 3.63) is 46.7 Å². The highest BCUT2D eigenvalue weighted by Gasteiger charge is 2.15. The number of nitrogens with one attached hydrogen (secondary N) is 2. The van der Waals surface area contributed by atoms with Crippen molar-refractivity contribution in [3.63, 3.8) is 0 Å². The third-order valence-corrected chi connectivity index (χ3v) is 4.47. The van der Waals surface area contributed by atoms with Gasteiger partial charge in [-0.15, -0.1) is 0 Å². The molecule has 0 saturated heterocycles. The molecule has 1 heterocycles. The normalized spacial score (nSPS) is 10.8. The number of hydrazone groups is 1. The van der Waals surface area contributed by atoms with Gasteiger partial charge in [-0.05, 0) is 55.5 Å². The first kappa shape index (κ1) is 21.2. The Bertz CT molecular complexity index is 1080. The molecule has 2 aromatic carbocycles. The highest BCUT2D eigenvalue weighted by atomic mass is 32.1. The lowest BCUT2D eigenvalue weighted by molar-refractivity contribution is 0.324. The van der Waals surface area contributed by atoms with E-state index in [2.05, 4.69) is 20.8 Å². The van der Waals surface area contributed by atoms with Crippen molar-refractivity contribution >= 4 is 18.4 Å². The van der Waals surface area contributed by atoms with E-state index >= 15 is 0 Å². The van der Waals surface area contributed by atoms with Crippen LogP contribution in [0.2, 0.25) is 0 Å². The Kier molecular flexibility index (Phi) is 6.91. The van der Waals surface area contributed by atoms with Crippen molar-refractivity contribution < 1.29 is 18.9 Å². The summed E-state index contributed by atoms with van der Waals surface area (Å²) >= 11 is 5.31. The minimum atomic E-state index is 0.371. The number of ether oxygens (including phenoxy) is 4. The van der Waals surface area contributed by atoms with Crippen LogP contribution < -0.4 is 24.5 Å². The minimum absolute atomic E-state index is 0.371. The van der Waals surface area contributed by atoms with E-state index < -0.39 is 0 Å². The molecule has 0 bridgehead atoms. The third kappa shape index (κ3) is 4.38. The molecular formula is C20H23N5O4S. The summed E-state index contributed by atoms with van der Waals surface area (Å²) in [6.45, 7) is 2.54. The topological polar surface area (TPSA) is 94.9 Å². The second-order valence-electron chi connectivity index (χ2n) is 5.93. The molecule has 0 amide bonds. The lowest BCUT2D eigenvalue weighted by Gasteiger charge is -2.13. The quantitative estimate of drug-likeness (QED) is 0.305. The predicted octanol–water partition coefficient (Wildman–Crippen LogP) is 3.61. The number of aromatic amines is 1. The monoisotopic (exact) mass is 429 g/mol. The summed E-state index contributed by atoms with van der Waals surface area (Å²) in [5.74, 6) is 2.92. The summed E-state index contributed by atoms with van der Waals surface area (Å²) in [5.41, 5.74) is 4.43. The molecule has 9 nitrogen and oxygen atoms in total. The van der Waals surface area contributed by atoms with Crippen LogP contribution in [-0.2, 0) is 0 Å². The number of hydrogen-bond donors (Lipinski definition) is 2. The number of benzene rings is 2. The van der Waals surface area contributed by atoms with E-state index in [0.717, 1.165) is 11.3 Å². The Morgan fingerprint density at radius 1 is 1.07 bits per heavy atom. The van der Waals surface area contributed by atoms with Gasteiger partial charge < -0.3 is 18.9 Å². The highest BCUT2D eigenvalue weighted by Crippen LogP contribution is 2.39. The summed E-state index contributed by atoms with van der Waals surface area (Å²) in [4.78, 5) is 0. The molecular weight excluding hydrogens is 406 g/mol. The summed E-state index contributed by atoms with van der Waals surface area (Å²) in [6, 6.07) is 11.1. The first-order valence-electron chi connectivity index (χ1n) is 9.11. The molecule has 0 atom stereocenters. The van der Waals surface area contributed by atoms with Crippen molar-refractivity contribution in [1.82, 2.24) is 14.9 Å². The van der Waals surface area contributed by atoms with Crippen LogP contribution in [0.5, 0.6) is 23.0 Å². The van der Waals surface area contributed by atoms with Crippen molar-refractivity contribution in [1.29, 1.82) is 0 Å². The van der Waals surface area contributed by atoms with Gasteiger partial charge in [0.05, 0.1) is 34.2 Å². The van der Waals surface area contributed by atoms with E-state index in [-0.39, 0.29) is 0 Å². The summed E-state index contributed by atoms with van der Waals surface area (Å²) in [7, 11) is 4.67. The fourth-order valence-corrected chi connectivity index (χ4v) is 3.01. The zero-order valence-corrected chi connectivity index (χ0v) is 17.9. The fourth-order valence-electron chi connectivity index (χ4n) is 2.83. The van der Waals surface area contributed by atoms with E-state index in [1.54, 1.807) is 38.3 Å². The van der Waals surface area contributed by atoms with Gasteiger partial charge in [0.1, 0.15) is 5.75 Å². The number of nitrogens with zero attached hydrogens (tertiary/aromatic N) is 3. The lowest BCUT2D eigenvalue weighted by atomic mass is 10.2. The van der Waals surface area contributed by atoms with Crippen LogP contribution >= 0.6 is 12.2 Å². The SMILES string of the molecule is CCOc1ccc(-c2n[nH]c(=S)n2N/N=C\c2ccc(OC)c(OC)c2OC)cc1. The van der Waals surface area contributed by atoms with Gasteiger partial charge >= 0.3 is 0 Å². The van der Waals surface area contributed by atoms with E-state index in [0.29, 0.717) is 40.0 Å². The van der Waals surface area contributed by atoms with E-state index in [1.165, 1.54) is 0 Å².